The molecule has 0 radical (unpaired) electrons. The molecule has 28 atom stereocenters. The van der Waals surface area contributed by atoms with Gasteiger partial charge in [-0.15, -0.1) is 0 Å². The lowest BCUT2D eigenvalue weighted by atomic mass is 9.43. The molecule has 0 aromatic rings. The van der Waals surface area contributed by atoms with Crippen molar-refractivity contribution in [3.05, 3.63) is 11.6 Å². The minimum Gasteiger partial charge on any atom is -0.458 e. The second-order valence-electron chi connectivity index (χ2n) is 21.9. The van der Waals surface area contributed by atoms with Crippen LogP contribution in [0, 0.1) is 34.5 Å². The van der Waals surface area contributed by atoms with Crippen molar-refractivity contribution in [2.75, 3.05) is 6.61 Å². The van der Waals surface area contributed by atoms with Gasteiger partial charge in [0.05, 0.1) is 36.1 Å². The predicted molar refractivity (Wildman–Crippen MR) is 227 cm³/mol. The van der Waals surface area contributed by atoms with E-state index in [4.69, 9.17) is 42.6 Å². The van der Waals surface area contributed by atoms with Crippen molar-refractivity contribution >= 4 is 5.97 Å². The van der Waals surface area contributed by atoms with Crippen molar-refractivity contribution in [2.45, 2.75) is 234 Å². The maximum Gasteiger partial charge on any atom is 0.331 e. The molecule has 0 bridgehead atoms. The number of carbonyl (C=O) groups excluding carboxylic acids is 1. The number of hydrogen-bond donors (Lipinski definition) is 10. The molecule has 16 unspecified atom stereocenters. The van der Waals surface area contributed by atoms with E-state index in [0.29, 0.717) is 37.7 Å². The van der Waals surface area contributed by atoms with E-state index in [-0.39, 0.29) is 34.7 Å². The van der Waals surface area contributed by atoms with E-state index in [2.05, 4.69) is 13.8 Å². The van der Waals surface area contributed by atoms with Gasteiger partial charge in [-0.25, -0.2) is 4.79 Å². The number of rotatable bonds is 9. The number of aliphatic hydroxyl groups excluding tert-OH is 9. The highest BCUT2D eigenvalue weighted by molar-refractivity contribution is 5.85. The van der Waals surface area contributed by atoms with Crippen LogP contribution in [0.4, 0.5) is 0 Å². The molecule has 382 valence electrons. The van der Waals surface area contributed by atoms with Gasteiger partial charge < -0.3 is 93.7 Å². The van der Waals surface area contributed by atoms with Gasteiger partial charge in [0, 0.05) is 11.5 Å². The molecule has 0 aromatic carbocycles. The fourth-order valence-corrected chi connectivity index (χ4v) is 14.1. The highest BCUT2D eigenvalue weighted by Gasteiger charge is 2.68. The average molecular weight is 959 g/mol. The van der Waals surface area contributed by atoms with Crippen LogP contribution in [0.5, 0.6) is 0 Å². The van der Waals surface area contributed by atoms with E-state index in [0.717, 1.165) is 44.1 Å². The molecule has 0 amide bonds. The minimum absolute atomic E-state index is 0.0390. The fraction of sp³-hybridized carbons (Fsp3) is 0.936. The zero-order valence-electron chi connectivity index (χ0n) is 39.1. The lowest BCUT2D eigenvalue weighted by molar-refractivity contribution is -0.386. The van der Waals surface area contributed by atoms with Crippen LogP contribution in [0.15, 0.2) is 11.6 Å². The quantitative estimate of drug-likeness (QED) is 0.0981. The number of fused-ring (bicyclic) bond motifs is 5. The van der Waals surface area contributed by atoms with Gasteiger partial charge in [-0.1, -0.05) is 13.8 Å². The topological polar surface area (TPSA) is 302 Å². The van der Waals surface area contributed by atoms with Gasteiger partial charge in [0.25, 0.3) is 0 Å². The summed E-state index contributed by atoms with van der Waals surface area (Å²) < 4.78 is 52.9. The van der Waals surface area contributed by atoms with E-state index in [1.807, 2.05) is 0 Å². The Kier molecular flexibility index (Phi) is 14.2. The molecule has 0 aromatic heterocycles. The Labute approximate surface area is 390 Å². The summed E-state index contributed by atoms with van der Waals surface area (Å²) in [5.74, 6) is 0.568. The van der Waals surface area contributed by atoms with Gasteiger partial charge in [0.15, 0.2) is 25.2 Å². The smallest absolute Gasteiger partial charge is 0.331 e. The number of ether oxygens (including phenoxy) is 9. The summed E-state index contributed by atoms with van der Waals surface area (Å²) in [6.45, 7) is 10.9. The fourth-order valence-electron chi connectivity index (χ4n) is 14.1. The predicted octanol–water partition coefficient (Wildman–Crippen LogP) is -0.988. The second kappa shape index (κ2) is 18.8. The van der Waals surface area contributed by atoms with E-state index in [1.54, 1.807) is 13.0 Å². The standard InChI is InChI=1S/C47H74O20/c1-18-29(49)33(53)34(54)41(60-18)65-39-31(51)20(3)62-43(36(39)56)67-40-32(52)21(4)63-44(37(40)57)66-38-30(50)19(2)61-42(35(38)55)64-24-9-12-45(5)23(16-24)7-8-27-26(45)10-13-46(6)25(11-14-47(27,46)58)22-15-28(48)59-17-22/h15,18-21,23-27,29-44,49-58H,7-14,16-17H2,1-6H3/t18?,19?,20?,21?,23-,24-,25+,26?,27?,29?,30?,31?,32?,33-,34-,35-,36-,37-,38-,39-,40-,41?,42?,43?,44?,45?,46?,47-/m0/s1. The van der Waals surface area contributed by atoms with Crippen LogP contribution in [0.3, 0.4) is 0 Å². The van der Waals surface area contributed by atoms with E-state index < -0.39 is 128 Å². The van der Waals surface area contributed by atoms with Crippen molar-refractivity contribution in [3.8, 4) is 0 Å². The van der Waals surface area contributed by atoms with Crippen molar-refractivity contribution in [1.29, 1.82) is 0 Å². The Morgan fingerprint density at radius 2 is 1.03 bits per heavy atom. The van der Waals surface area contributed by atoms with Crippen molar-refractivity contribution < 1.29 is 98.5 Å². The van der Waals surface area contributed by atoms with Crippen LogP contribution < -0.4 is 0 Å². The molecule has 10 N–H and O–H groups in total. The number of cyclic esters (lactones) is 1. The number of esters is 1. The van der Waals surface area contributed by atoms with Crippen LogP contribution in [0.2, 0.25) is 0 Å². The third kappa shape index (κ3) is 8.56. The Hall–Kier alpha value is -1.51. The third-order valence-electron chi connectivity index (χ3n) is 18.3. The van der Waals surface area contributed by atoms with E-state index >= 15 is 0 Å². The summed E-state index contributed by atoms with van der Waals surface area (Å²) in [5, 5.41) is 112. The maximum absolute atomic E-state index is 12.7. The van der Waals surface area contributed by atoms with Crippen LogP contribution >= 0.6 is 0 Å². The first-order valence-corrected chi connectivity index (χ1v) is 24.5. The molecule has 5 heterocycles. The first-order valence-electron chi connectivity index (χ1n) is 24.5. The normalized spacial score (nSPS) is 56.9. The minimum atomic E-state index is -1.81. The SMILES string of the molecule is CC1OC(O[C@H]2C(O)C(C)OC(O[C@H]3C(O)C(C)OC(O[C@H]4C(O)C(C)OC(O[C@H]5CCC6(C)C7CCC8(C)[C@@H](C9=CC(=O)OC9)CC[C@]8(O)C7CC[C@H]6C5)[C@H]4O)[C@H]3O)[C@H]2O)[C@@H](O)[C@@H](O)C1O. The molecular formula is C47H74O20. The Morgan fingerprint density at radius 1 is 0.537 bits per heavy atom. The zero-order valence-corrected chi connectivity index (χ0v) is 39.1. The Balaban J connectivity index is 0.831. The molecular weight excluding hydrogens is 884 g/mol. The van der Waals surface area contributed by atoms with E-state index in [9.17, 15) is 55.9 Å². The average Bonchev–Trinajstić information content (AvgIpc) is 3.84. The van der Waals surface area contributed by atoms with Crippen molar-refractivity contribution in [3.63, 3.8) is 0 Å². The summed E-state index contributed by atoms with van der Waals surface area (Å²) in [7, 11) is 0. The summed E-state index contributed by atoms with van der Waals surface area (Å²) >= 11 is 0. The summed E-state index contributed by atoms with van der Waals surface area (Å²) in [5.41, 5.74) is -0.202. The summed E-state index contributed by atoms with van der Waals surface area (Å²) in [4.78, 5) is 12.0. The van der Waals surface area contributed by atoms with Crippen LogP contribution in [-0.2, 0) is 47.4 Å². The van der Waals surface area contributed by atoms with Gasteiger partial charge in [0.1, 0.15) is 79.9 Å². The molecule has 9 rings (SSSR count). The molecule has 20 heteroatoms. The number of aliphatic hydroxyl groups is 10. The van der Waals surface area contributed by atoms with Gasteiger partial charge in [-0.3, -0.25) is 0 Å². The summed E-state index contributed by atoms with van der Waals surface area (Å²) in [6.07, 6.45) is -20.1. The van der Waals surface area contributed by atoms with Gasteiger partial charge in [-0.2, -0.15) is 0 Å². The van der Waals surface area contributed by atoms with Crippen LogP contribution in [-0.4, -0.2) is 198 Å². The Bertz CT molecular complexity index is 1810. The molecule has 9 aliphatic rings. The molecule has 20 nitrogen and oxygen atoms in total. The largest absolute Gasteiger partial charge is 0.458 e. The monoisotopic (exact) mass is 958 g/mol. The first kappa shape index (κ1) is 50.4. The third-order valence-corrected chi connectivity index (χ3v) is 18.3. The maximum atomic E-state index is 12.7. The molecule has 4 saturated carbocycles. The van der Waals surface area contributed by atoms with Crippen molar-refractivity contribution in [2.24, 2.45) is 34.5 Å². The van der Waals surface area contributed by atoms with Gasteiger partial charge >= 0.3 is 5.97 Å². The molecule has 5 aliphatic heterocycles. The lowest BCUT2D eigenvalue weighted by Crippen LogP contribution is -2.66. The molecule has 67 heavy (non-hydrogen) atoms. The molecule has 0 spiro atoms. The Morgan fingerprint density at radius 3 is 1.54 bits per heavy atom. The second-order valence-corrected chi connectivity index (χ2v) is 21.9. The lowest BCUT2D eigenvalue weighted by Gasteiger charge is -2.64. The number of carbonyl (C=O) groups is 1. The van der Waals surface area contributed by atoms with Gasteiger partial charge in [-0.05, 0) is 120 Å². The molecule has 4 saturated heterocycles. The molecule has 8 fully saturated rings. The van der Waals surface area contributed by atoms with E-state index in [1.165, 1.54) is 20.8 Å². The highest BCUT2D eigenvalue weighted by Crippen LogP contribution is 2.70. The number of hydrogen-bond acceptors (Lipinski definition) is 20. The van der Waals surface area contributed by atoms with Crippen LogP contribution in [0.1, 0.15) is 99.3 Å². The van der Waals surface area contributed by atoms with Gasteiger partial charge in [0.2, 0.25) is 0 Å². The zero-order chi connectivity index (χ0) is 48.2. The molecule has 4 aliphatic carbocycles. The highest BCUT2D eigenvalue weighted by atomic mass is 16.8. The first-order chi connectivity index (χ1) is 31.6. The summed E-state index contributed by atoms with van der Waals surface area (Å²) in [6, 6.07) is 0. The van der Waals surface area contributed by atoms with Crippen LogP contribution in [0.25, 0.3) is 0 Å². The van der Waals surface area contributed by atoms with Crippen molar-refractivity contribution in [1.82, 2.24) is 0 Å².